The standard InChI is InChI=1S/C16H19N3O2S/c1-10-3-7-13(8-4-10)22-11(2)15(20)17-9-14-18-16(21-19-14)12-5-6-12/h3-4,7-8,11-12H,5-6,9H2,1-2H3,(H,17,20). The summed E-state index contributed by atoms with van der Waals surface area (Å²) in [5.41, 5.74) is 1.21. The van der Waals surface area contributed by atoms with Crippen molar-refractivity contribution in [2.24, 2.45) is 0 Å². The molecule has 5 nitrogen and oxygen atoms in total. The number of hydrogen-bond donors (Lipinski definition) is 1. The van der Waals surface area contributed by atoms with Crippen LogP contribution in [-0.4, -0.2) is 21.3 Å². The van der Waals surface area contributed by atoms with Crippen LogP contribution in [0.3, 0.4) is 0 Å². The zero-order chi connectivity index (χ0) is 15.5. The van der Waals surface area contributed by atoms with Crippen LogP contribution in [0.15, 0.2) is 33.7 Å². The smallest absolute Gasteiger partial charge is 0.233 e. The quantitative estimate of drug-likeness (QED) is 0.829. The van der Waals surface area contributed by atoms with E-state index in [4.69, 9.17) is 4.52 Å². The van der Waals surface area contributed by atoms with Gasteiger partial charge in [0.1, 0.15) is 0 Å². The van der Waals surface area contributed by atoms with Gasteiger partial charge in [-0.1, -0.05) is 22.9 Å². The van der Waals surface area contributed by atoms with Crippen LogP contribution in [0.25, 0.3) is 0 Å². The Morgan fingerprint density at radius 3 is 2.82 bits per heavy atom. The lowest BCUT2D eigenvalue weighted by Gasteiger charge is -2.11. The van der Waals surface area contributed by atoms with Crippen molar-refractivity contribution in [1.82, 2.24) is 15.5 Å². The molecule has 1 heterocycles. The fourth-order valence-corrected chi connectivity index (χ4v) is 2.91. The SMILES string of the molecule is Cc1ccc(SC(C)C(=O)NCc2noc(C3CC3)n2)cc1. The molecule has 1 amide bonds. The number of carbonyl (C=O) groups excluding carboxylic acids is 1. The van der Waals surface area contributed by atoms with Gasteiger partial charge >= 0.3 is 0 Å². The fraction of sp³-hybridized carbons (Fsp3) is 0.438. The molecule has 6 heteroatoms. The summed E-state index contributed by atoms with van der Waals surface area (Å²) in [5, 5.41) is 6.58. The molecule has 0 saturated heterocycles. The minimum Gasteiger partial charge on any atom is -0.348 e. The Morgan fingerprint density at radius 1 is 1.41 bits per heavy atom. The summed E-state index contributed by atoms with van der Waals surface area (Å²) >= 11 is 1.54. The van der Waals surface area contributed by atoms with Crippen LogP contribution in [0.4, 0.5) is 0 Å². The number of aromatic nitrogens is 2. The van der Waals surface area contributed by atoms with Crippen LogP contribution < -0.4 is 5.32 Å². The number of thioether (sulfide) groups is 1. The van der Waals surface area contributed by atoms with E-state index < -0.39 is 0 Å². The number of nitrogens with zero attached hydrogens (tertiary/aromatic N) is 2. The molecule has 1 aromatic heterocycles. The average Bonchev–Trinajstić information content (AvgIpc) is 3.26. The first-order valence-corrected chi connectivity index (χ1v) is 8.33. The second-order valence-electron chi connectivity index (χ2n) is 5.61. The summed E-state index contributed by atoms with van der Waals surface area (Å²) < 4.78 is 5.17. The maximum absolute atomic E-state index is 12.1. The first-order chi connectivity index (χ1) is 10.6. The van der Waals surface area contributed by atoms with Gasteiger partial charge in [-0.3, -0.25) is 4.79 Å². The summed E-state index contributed by atoms with van der Waals surface area (Å²) in [7, 11) is 0. The van der Waals surface area contributed by atoms with Crippen LogP contribution in [0, 0.1) is 6.92 Å². The highest BCUT2D eigenvalue weighted by atomic mass is 32.2. The van der Waals surface area contributed by atoms with Gasteiger partial charge in [0.15, 0.2) is 5.82 Å². The Kier molecular flexibility index (Phi) is 4.47. The first-order valence-electron chi connectivity index (χ1n) is 7.45. The van der Waals surface area contributed by atoms with Gasteiger partial charge in [-0.15, -0.1) is 11.8 Å². The van der Waals surface area contributed by atoms with Crippen molar-refractivity contribution >= 4 is 17.7 Å². The van der Waals surface area contributed by atoms with Gasteiger partial charge in [0, 0.05) is 10.8 Å². The number of amides is 1. The van der Waals surface area contributed by atoms with Crippen LogP contribution in [-0.2, 0) is 11.3 Å². The third kappa shape index (κ3) is 3.88. The number of benzene rings is 1. The van der Waals surface area contributed by atoms with Crippen molar-refractivity contribution in [1.29, 1.82) is 0 Å². The van der Waals surface area contributed by atoms with E-state index in [-0.39, 0.29) is 11.2 Å². The molecule has 22 heavy (non-hydrogen) atoms. The average molecular weight is 317 g/mol. The van der Waals surface area contributed by atoms with E-state index in [1.807, 2.05) is 38.1 Å². The zero-order valence-corrected chi connectivity index (χ0v) is 13.5. The third-order valence-electron chi connectivity index (χ3n) is 3.53. The predicted octanol–water partition coefficient (Wildman–Crippen LogP) is 3.05. The molecule has 1 N–H and O–H groups in total. The van der Waals surface area contributed by atoms with E-state index in [1.165, 1.54) is 17.3 Å². The monoisotopic (exact) mass is 317 g/mol. The Balaban J connectivity index is 1.48. The normalized spacial score (nSPS) is 15.5. The van der Waals surface area contributed by atoms with Crippen LogP contribution in [0.1, 0.15) is 43.0 Å². The minimum absolute atomic E-state index is 0.0247. The van der Waals surface area contributed by atoms with E-state index >= 15 is 0 Å². The van der Waals surface area contributed by atoms with Crippen molar-refractivity contribution in [3.8, 4) is 0 Å². The summed E-state index contributed by atoms with van der Waals surface area (Å²) in [6.07, 6.45) is 2.25. The molecule has 116 valence electrons. The number of carbonyl (C=O) groups is 1. The van der Waals surface area contributed by atoms with Crippen molar-refractivity contribution < 1.29 is 9.32 Å². The highest BCUT2D eigenvalue weighted by molar-refractivity contribution is 8.00. The van der Waals surface area contributed by atoms with Crippen molar-refractivity contribution in [2.45, 2.75) is 49.3 Å². The van der Waals surface area contributed by atoms with Crippen molar-refractivity contribution in [3.05, 3.63) is 41.5 Å². The van der Waals surface area contributed by atoms with E-state index in [0.29, 0.717) is 24.2 Å². The molecule has 1 aliphatic rings. The van der Waals surface area contributed by atoms with Crippen LogP contribution >= 0.6 is 11.8 Å². The maximum atomic E-state index is 12.1. The number of rotatable bonds is 6. The zero-order valence-electron chi connectivity index (χ0n) is 12.7. The fourth-order valence-electron chi connectivity index (χ4n) is 2.02. The summed E-state index contributed by atoms with van der Waals surface area (Å²) in [5.74, 6) is 1.66. The summed E-state index contributed by atoms with van der Waals surface area (Å²) in [6.45, 7) is 4.25. The second-order valence-corrected chi connectivity index (χ2v) is 7.03. The lowest BCUT2D eigenvalue weighted by molar-refractivity contribution is -0.120. The molecule has 1 fully saturated rings. The number of nitrogens with one attached hydrogen (secondary N) is 1. The molecule has 1 aromatic carbocycles. The van der Waals surface area contributed by atoms with E-state index in [9.17, 15) is 4.79 Å². The second kappa shape index (κ2) is 6.52. The van der Waals surface area contributed by atoms with E-state index in [2.05, 4.69) is 15.5 Å². The highest BCUT2D eigenvalue weighted by Gasteiger charge is 2.29. The minimum atomic E-state index is -0.169. The van der Waals surface area contributed by atoms with Crippen molar-refractivity contribution in [2.75, 3.05) is 0 Å². The van der Waals surface area contributed by atoms with Gasteiger partial charge < -0.3 is 9.84 Å². The lowest BCUT2D eigenvalue weighted by atomic mass is 10.2. The molecule has 0 aliphatic heterocycles. The lowest BCUT2D eigenvalue weighted by Crippen LogP contribution is -2.30. The maximum Gasteiger partial charge on any atom is 0.233 e. The Hall–Kier alpha value is -1.82. The van der Waals surface area contributed by atoms with Gasteiger partial charge in [0.25, 0.3) is 0 Å². The predicted molar refractivity (Wildman–Crippen MR) is 84.6 cm³/mol. The molecule has 1 aliphatic carbocycles. The number of hydrogen-bond acceptors (Lipinski definition) is 5. The molecule has 2 aromatic rings. The largest absolute Gasteiger partial charge is 0.348 e. The molecule has 1 unspecified atom stereocenters. The van der Waals surface area contributed by atoms with E-state index in [0.717, 1.165) is 17.7 Å². The first kappa shape index (κ1) is 15.1. The van der Waals surface area contributed by atoms with Gasteiger partial charge in [-0.2, -0.15) is 4.98 Å². The van der Waals surface area contributed by atoms with E-state index in [1.54, 1.807) is 0 Å². The molecule has 0 radical (unpaired) electrons. The Bertz CT molecular complexity index is 650. The topological polar surface area (TPSA) is 68.0 Å². The molecule has 0 spiro atoms. The van der Waals surface area contributed by atoms with Gasteiger partial charge in [0.2, 0.25) is 11.8 Å². The van der Waals surface area contributed by atoms with Crippen LogP contribution in [0.5, 0.6) is 0 Å². The van der Waals surface area contributed by atoms with Gasteiger partial charge in [0.05, 0.1) is 11.8 Å². The molecular weight excluding hydrogens is 298 g/mol. The molecule has 0 bridgehead atoms. The van der Waals surface area contributed by atoms with Crippen molar-refractivity contribution in [3.63, 3.8) is 0 Å². The molecular formula is C16H19N3O2S. The number of aryl methyl sites for hydroxylation is 1. The van der Waals surface area contributed by atoms with Gasteiger partial charge in [-0.25, -0.2) is 0 Å². The Labute approximate surface area is 133 Å². The summed E-state index contributed by atoms with van der Waals surface area (Å²) in [4.78, 5) is 17.5. The molecule has 3 rings (SSSR count). The van der Waals surface area contributed by atoms with Gasteiger partial charge in [-0.05, 0) is 38.8 Å². The molecule has 1 atom stereocenters. The third-order valence-corrected chi connectivity index (χ3v) is 4.65. The Morgan fingerprint density at radius 2 is 2.14 bits per heavy atom. The highest BCUT2D eigenvalue weighted by Crippen LogP contribution is 2.38. The van der Waals surface area contributed by atoms with Crippen LogP contribution in [0.2, 0.25) is 0 Å². The summed E-state index contributed by atoms with van der Waals surface area (Å²) in [6, 6.07) is 8.16. The molecule has 1 saturated carbocycles.